The van der Waals surface area contributed by atoms with E-state index in [2.05, 4.69) is 0 Å². The van der Waals surface area contributed by atoms with E-state index in [-0.39, 0.29) is 11.5 Å². The smallest absolute Gasteiger partial charge is 0.219 e. The van der Waals surface area contributed by atoms with Crippen molar-refractivity contribution in [2.45, 2.75) is 25.0 Å². The van der Waals surface area contributed by atoms with Gasteiger partial charge in [0.05, 0.1) is 14.2 Å². The highest BCUT2D eigenvalue weighted by atomic mass is 16.7. The van der Waals surface area contributed by atoms with Crippen LogP contribution in [-0.4, -0.2) is 39.2 Å². The number of methoxy groups -OCH3 is 2. The number of carbonyl (C=O) groups excluding carboxylic acids is 2. The second kappa shape index (κ2) is 6.72. The van der Waals surface area contributed by atoms with Crippen LogP contribution in [0.3, 0.4) is 0 Å². The fourth-order valence-electron chi connectivity index (χ4n) is 3.37. The summed E-state index contributed by atoms with van der Waals surface area (Å²) in [6.45, 7) is 2.34. The van der Waals surface area contributed by atoms with Gasteiger partial charge in [-0.2, -0.15) is 0 Å². The lowest BCUT2D eigenvalue weighted by Crippen LogP contribution is -2.40. The van der Waals surface area contributed by atoms with Crippen LogP contribution < -0.4 is 9.47 Å². The third-order valence-corrected chi connectivity index (χ3v) is 4.46. The predicted molar refractivity (Wildman–Crippen MR) is 90.0 cm³/mol. The molecule has 0 N–H and O–H groups in total. The van der Waals surface area contributed by atoms with Gasteiger partial charge in [0, 0.05) is 29.6 Å². The average Bonchev–Trinajstić information content (AvgIpc) is 2.63. The summed E-state index contributed by atoms with van der Waals surface area (Å²) in [5, 5.41) is 0. The van der Waals surface area contributed by atoms with Crippen molar-refractivity contribution in [1.29, 1.82) is 0 Å². The number of carbonyl (C=O) groups is 2. The molecule has 0 amide bonds. The largest absolute Gasteiger partial charge is 0.493 e. The van der Waals surface area contributed by atoms with Gasteiger partial charge in [-0.1, -0.05) is 6.08 Å². The van der Waals surface area contributed by atoms with E-state index in [1.807, 2.05) is 6.92 Å². The van der Waals surface area contributed by atoms with Gasteiger partial charge in [-0.05, 0) is 31.2 Å². The van der Waals surface area contributed by atoms with Crippen LogP contribution in [0.2, 0.25) is 0 Å². The lowest BCUT2D eigenvalue weighted by atomic mass is 9.71. The maximum Gasteiger partial charge on any atom is 0.219 e. The molecule has 1 aliphatic carbocycles. The van der Waals surface area contributed by atoms with Crippen molar-refractivity contribution in [3.63, 3.8) is 0 Å². The molecule has 132 valence electrons. The number of fused-ring (bicyclic) bond motifs is 2. The summed E-state index contributed by atoms with van der Waals surface area (Å²) >= 11 is 0. The number of hydrogen-bond donors (Lipinski definition) is 0. The zero-order chi connectivity index (χ0) is 18.0. The molecule has 0 aromatic heterocycles. The lowest BCUT2D eigenvalue weighted by molar-refractivity contribution is -0.115. The van der Waals surface area contributed by atoms with Crippen LogP contribution in [0.1, 0.15) is 29.3 Å². The minimum atomic E-state index is -0.753. The van der Waals surface area contributed by atoms with Gasteiger partial charge < -0.3 is 18.9 Å². The quantitative estimate of drug-likeness (QED) is 0.765. The Labute approximate surface area is 146 Å². The molecule has 0 unspecified atom stereocenters. The summed E-state index contributed by atoms with van der Waals surface area (Å²) in [5.74, 6) is 0.958. The molecular weight excluding hydrogens is 324 g/mol. The van der Waals surface area contributed by atoms with Crippen LogP contribution in [0, 0.1) is 0 Å². The van der Waals surface area contributed by atoms with Crippen LogP contribution in [0.5, 0.6) is 11.5 Å². The molecule has 6 heteroatoms. The summed E-state index contributed by atoms with van der Waals surface area (Å²) in [5.41, 5.74) is 0.366. The number of hydrogen-bond acceptors (Lipinski definition) is 6. The standard InChI is InChI=1S/C19H20O6/c1-4-24-16-10-19(8-7-13(21)15(9-19)23-3)17-12(11-20)5-6-14(22-2)18(17)25-16/h5-9,11,16H,4,10H2,1-3H3/t16-,19-/m1/s1. The van der Waals surface area contributed by atoms with Crippen LogP contribution in [0.25, 0.3) is 0 Å². The van der Waals surface area contributed by atoms with Crippen molar-refractivity contribution in [3.8, 4) is 11.5 Å². The van der Waals surface area contributed by atoms with E-state index < -0.39 is 11.7 Å². The Bertz CT molecular complexity index is 763. The molecule has 6 nitrogen and oxygen atoms in total. The number of rotatable bonds is 5. The predicted octanol–water partition coefficient (Wildman–Crippen LogP) is 2.56. The van der Waals surface area contributed by atoms with E-state index in [9.17, 15) is 9.59 Å². The van der Waals surface area contributed by atoms with Crippen LogP contribution in [0.4, 0.5) is 0 Å². The van der Waals surface area contributed by atoms with Crippen LogP contribution >= 0.6 is 0 Å². The van der Waals surface area contributed by atoms with Gasteiger partial charge >= 0.3 is 0 Å². The number of benzene rings is 1. The van der Waals surface area contributed by atoms with Crippen LogP contribution in [0.15, 0.2) is 36.1 Å². The highest BCUT2D eigenvalue weighted by Crippen LogP contribution is 2.50. The zero-order valence-corrected chi connectivity index (χ0v) is 14.4. The number of aldehydes is 1. The van der Waals surface area contributed by atoms with Crippen molar-refractivity contribution >= 4 is 12.1 Å². The van der Waals surface area contributed by atoms with E-state index in [4.69, 9.17) is 18.9 Å². The molecule has 2 aliphatic rings. The zero-order valence-electron chi connectivity index (χ0n) is 14.4. The summed E-state index contributed by atoms with van der Waals surface area (Å²) < 4.78 is 22.3. The van der Waals surface area contributed by atoms with Gasteiger partial charge in [-0.15, -0.1) is 0 Å². The SMILES string of the molecule is CCO[C@H]1C[C@]2(C=CC(=O)C(OC)=C2)c2c(C=O)ccc(OC)c2O1. The molecule has 1 aromatic carbocycles. The molecule has 0 saturated carbocycles. The molecule has 0 radical (unpaired) electrons. The first-order valence-electron chi connectivity index (χ1n) is 8.04. The minimum Gasteiger partial charge on any atom is -0.493 e. The Balaban J connectivity index is 2.27. The molecule has 3 rings (SSSR count). The second-order valence-corrected chi connectivity index (χ2v) is 5.84. The minimum absolute atomic E-state index is 0.218. The number of allylic oxidation sites excluding steroid dienone is 3. The highest BCUT2D eigenvalue weighted by molar-refractivity contribution is 6.04. The Kier molecular flexibility index (Phi) is 4.63. The third-order valence-electron chi connectivity index (χ3n) is 4.46. The van der Waals surface area contributed by atoms with E-state index in [1.54, 1.807) is 24.3 Å². The van der Waals surface area contributed by atoms with Crippen molar-refractivity contribution < 1.29 is 28.5 Å². The van der Waals surface area contributed by atoms with E-state index in [0.717, 1.165) is 6.29 Å². The maximum absolute atomic E-state index is 12.0. The van der Waals surface area contributed by atoms with Crippen molar-refractivity contribution in [2.24, 2.45) is 0 Å². The van der Waals surface area contributed by atoms with Gasteiger partial charge in [-0.25, -0.2) is 0 Å². The molecule has 0 fully saturated rings. The number of ether oxygens (including phenoxy) is 4. The van der Waals surface area contributed by atoms with E-state index in [1.165, 1.54) is 20.3 Å². The molecule has 1 spiro atoms. The first kappa shape index (κ1) is 17.2. The third kappa shape index (κ3) is 2.82. The van der Waals surface area contributed by atoms with Gasteiger partial charge in [-0.3, -0.25) is 9.59 Å². The number of ketones is 1. The Hall–Kier alpha value is -2.60. The van der Waals surface area contributed by atoms with E-state index in [0.29, 0.717) is 35.7 Å². The molecule has 0 saturated heterocycles. The highest BCUT2D eigenvalue weighted by Gasteiger charge is 2.44. The monoisotopic (exact) mass is 344 g/mol. The Morgan fingerprint density at radius 3 is 2.76 bits per heavy atom. The van der Waals surface area contributed by atoms with Gasteiger partial charge in [0.25, 0.3) is 0 Å². The first-order chi connectivity index (χ1) is 12.1. The molecule has 25 heavy (non-hydrogen) atoms. The van der Waals surface area contributed by atoms with Crippen molar-refractivity contribution in [3.05, 3.63) is 47.2 Å². The summed E-state index contributed by atoms with van der Waals surface area (Å²) in [6.07, 6.45) is 5.62. The summed E-state index contributed by atoms with van der Waals surface area (Å²) in [6, 6.07) is 3.37. The van der Waals surface area contributed by atoms with Crippen molar-refractivity contribution in [1.82, 2.24) is 0 Å². The normalized spacial score (nSPS) is 24.4. The summed E-state index contributed by atoms with van der Waals surface area (Å²) in [7, 11) is 2.98. The van der Waals surface area contributed by atoms with Gasteiger partial charge in [0.2, 0.25) is 12.1 Å². The molecule has 1 aromatic rings. The molecule has 0 bridgehead atoms. The Morgan fingerprint density at radius 1 is 1.32 bits per heavy atom. The van der Waals surface area contributed by atoms with E-state index >= 15 is 0 Å². The molecule has 1 aliphatic heterocycles. The average molecular weight is 344 g/mol. The lowest BCUT2D eigenvalue weighted by Gasteiger charge is -2.40. The summed E-state index contributed by atoms with van der Waals surface area (Å²) in [4.78, 5) is 23.7. The first-order valence-corrected chi connectivity index (χ1v) is 8.04. The molecular formula is C19H20O6. The molecule has 2 atom stereocenters. The maximum atomic E-state index is 12.0. The second-order valence-electron chi connectivity index (χ2n) is 5.84. The fraction of sp³-hybridized carbons (Fsp3) is 0.368. The molecule has 1 heterocycles. The van der Waals surface area contributed by atoms with Gasteiger partial charge in [0.15, 0.2) is 23.5 Å². The van der Waals surface area contributed by atoms with Gasteiger partial charge in [0.1, 0.15) is 0 Å². The fourth-order valence-corrected chi connectivity index (χ4v) is 3.37. The van der Waals surface area contributed by atoms with Crippen molar-refractivity contribution in [2.75, 3.05) is 20.8 Å². The topological polar surface area (TPSA) is 71.1 Å². The Morgan fingerprint density at radius 2 is 2.12 bits per heavy atom. The van der Waals surface area contributed by atoms with Crippen LogP contribution in [-0.2, 0) is 19.7 Å².